The lowest BCUT2D eigenvalue weighted by molar-refractivity contribution is 0.0696. The summed E-state index contributed by atoms with van der Waals surface area (Å²) < 4.78 is 0.971. The Balaban J connectivity index is 2.34. The Hall–Kier alpha value is -1.75. The monoisotopic (exact) mass is 278 g/mol. The van der Waals surface area contributed by atoms with E-state index in [1.54, 1.807) is 0 Å². The van der Waals surface area contributed by atoms with Gasteiger partial charge in [0.25, 0.3) is 0 Å². The van der Waals surface area contributed by atoms with Crippen LogP contribution in [0.3, 0.4) is 0 Å². The molecule has 0 saturated heterocycles. The van der Waals surface area contributed by atoms with E-state index in [2.05, 4.69) is 25.9 Å². The van der Waals surface area contributed by atoms with Crippen LogP contribution in [-0.2, 0) is 0 Å². The lowest BCUT2D eigenvalue weighted by atomic mass is 10.2. The second-order valence-corrected chi connectivity index (χ2v) is 4.02. The van der Waals surface area contributed by atoms with E-state index >= 15 is 0 Å². The van der Waals surface area contributed by atoms with Crippen LogP contribution >= 0.6 is 15.9 Å². The predicted octanol–water partition coefficient (Wildman–Crippen LogP) is 2.60. The quantitative estimate of drug-likeness (QED) is 0.917. The zero-order valence-corrected chi connectivity index (χ0v) is 9.68. The lowest BCUT2D eigenvalue weighted by Gasteiger charge is -2.00. The largest absolute Gasteiger partial charge is 0.478 e. The third-order valence-electron chi connectivity index (χ3n) is 2.00. The van der Waals surface area contributed by atoms with Gasteiger partial charge in [0.2, 0.25) is 0 Å². The molecule has 0 unspecified atom stereocenters. The SMILES string of the molecule is O=C(O)c1cnc(-c2ccc(Br)cc2)nc1. The second kappa shape index (κ2) is 4.40. The van der Waals surface area contributed by atoms with Gasteiger partial charge in [0.15, 0.2) is 5.82 Å². The molecule has 0 bridgehead atoms. The van der Waals surface area contributed by atoms with Crippen LogP contribution in [0.5, 0.6) is 0 Å². The molecule has 1 aromatic heterocycles. The Bertz CT molecular complexity index is 509. The molecule has 5 heteroatoms. The molecular formula is C11H7BrN2O2. The van der Waals surface area contributed by atoms with Crippen molar-refractivity contribution in [1.29, 1.82) is 0 Å². The number of carboxylic acids is 1. The summed E-state index contributed by atoms with van der Waals surface area (Å²) in [6, 6.07) is 7.48. The fraction of sp³-hybridized carbons (Fsp3) is 0. The van der Waals surface area contributed by atoms with E-state index in [1.807, 2.05) is 24.3 Å². The van der Waals surface area contributed by atoms with Crippen molar-refractivity contribution in [3.63, 3.8) is 0 Å². The summed E-state index contributed by atoms with van der Waals surface area (Å²) in [5.41, 5.74) is 0.931. The summed E-state index contributed by atoms with van der Waals surface area (Å²) in [7, 11) is 0. The molecule has 0 aliphatic heterocycles. The third kappa shape index (κ3) is 2.25. The Kier molecular flexibility index (Phi) is 2.96. The van der Waals surface area contributed by atoms with Gasteiger partial charge in [-0.25, -0.2) is 14.8 Å². The van der Waals surface area contributed by atoms with Gasteiger partial charge < -0.3 is 5.11 Å². The summed E-state index contributed by atoms with van der Waals surface area (Å²) in [5, 5.41) is 8.70. The smallest absolute Gasteiger partial charge is 0.338 e. The number of hydrogen-bond acceptors (Lipinski definition) is 3. The number of hydrogen-bond donors (Lipinski definition) is 1. The van der Waals surface area contributed by atoms with Crippen LogP contribution < -0.4 is 0 Å². The van der Waals surface area contributed by atoms with Crippen LogP contribution in [0.4, 0.5) is 0 Å². The minimum atomic E-state index is -1.03. The molecule has 0 radical (unpaired) electrons. The number of halogens is 1. The molecule has 4 nitrogen and oxygen atoms in total. The molecule has 1 aromatic carbocycles. The first-order chi connectivity index (χ1) is 7.66. The van der Waals surface area contributed by atoms with Gasteiger partial charge in [0, 0.05) is 22.4 Å². The van der Waals surface area contributed by atoms with Gasteiger partial charge in [-0.2, -0.15) is 0 Å². The molecule has 0 aliphatic rings. The van der Waals surface area contributed by atoms with Gasteiger partial charge in [-0.1, -0.05) is 28.1 Å². The molecule has 0 amide bonds. The van der Waals surface area contributed by atoms with Crippen molar-refractivity contribution in [2.75, 3.05) is 0 Å². The molecule has 1 heterocycles. The first-order valence-corrected chi connectivity index (χ1v) is 5.27. The van der Waals surface area contributed by atoms with Crippen LogP contribution in [0.15, 0.2) is 41.1 Å². The van der Waals surface area contributed by atoms with Crippen LogP contribution in [0.2, 0.25) is 0 Å². The van der Waals surface area contributed by atoms with Crippen molar-refractivity contribution in [2.45, 2.75) is 0 Å². The van der Waals surface area contributed by atoms with E-state index in [0.717, 1.165) is 10.0 Å². The number of aromatic nitrogens is 2. The maximum atomic E-state index is 10.6. The highest BCUT2D eigenvalue weighted by molar-refractivity contribution is 9.10. The normalized spacial score (nSPS) is 10.1. The molecule has 0 fully saturated rings. The Morgan fingerprint density at radius 2 is 1.69 bits per heavy atom. The van der Waals surface area contributed by atoms with Crippen molar-refractivity contribution in [3.8, 4) is 11.4 Å². The van der Waals surface area contributed by atoms with Crippen molar-refractivity contribution >= 4 is 21.9 Å². The molecule has 16 heavy (non-hydrogen) atoms. The van der Waals surface area contributed by atoms with Gasteiger partial charge in [-0.05, 0) is 12.1 Å². The van der Waals surface area contributed by atoms with Gasteiger partial charge in [0.05, 0.1) is 5.56 Å². The number of benzene rings is 1. The molecule has 0 atom stereocenters. The molecular weight excluding hydrogens is 272 g/mol. The fourth-order valence-electron chi connectivity index (χ4n) is 1.19. The van der Waals surface area contributed by atoms with E-state index in [-0.39, 0.29) is 5.56 Å². The van der Waals surface area contributed by atoms with Crippen molar-refractivity contribution in [1.82, 2.24) is 9.97 Å². The molecule has 1 N–H and O–H groups in total. The second-order valence-electron chi connectivity index (χ2n) is 3.11. The predicted molar refractivity (Wildman–Crippen MR) is 62.1 cm³/mol. The summed E-state index contributed by atoms with van der Waals surface area (Å²) in [4.78, 5) is 18.6. The Morgan fingerprint density at radius 3 is 2.19 bits per heavy atom. The maximum Gasteiger partial charge on any atom is 0.338 e. The zero-order valence-electron chi connectivity index (χ0n) is 8.09. The average molecular weight is 279 g/mol. The van der Waals surface area contributed by atoms with E-state index in [9.17, 15) is 4.79 Å². The van der Waals surface area contributed by atoms with Crippen LogP contribution in [0.25, 0.3) is 11.4 Å². The number of aromatic carboxylic acids is 1. The standard InChI is InChI=1S/C11H7BrN2O2/c12-9-3-1-7(2-4-9)10-13-5-8(6-14-10)11(15)16/h1-6H,(H,15,16). The summed E-state index contributed by atoms with van der Waals surface area (Å²) >= 11 is 3.33. The fourth-order valence-corrected chi connectivity index (χ4v) is 1.45. The minimum Gasteiger partial charge on any atom is -0.478 e. The topological polar surface area (TPSA) is 63.1 Å². The Morgan fingerprint density at radius 1 is 1.12 bits per heavy atom. The van der Waals surface area contributed by atoms with E-state index < -0.39 is 5.97 Å². The highest BCUT2D eigenvalue weighted by Gasteiger charge is 2.05. The number of rotatable bonds is 2. The van der Waals surface area contributed by atoms with Crippen molar-refractivity contribution < 1.29 is 9.90 Å². The van der Waals surface area contributed by atoms with Crippen LogP contribution in [0, 0.1) is 0 Å². The molecule has 0 aliphatic carbocycles. The Labute approximate surface area is 100 Å². The van der Waals surface area contributed by atoms with Crippen LogP contribution in [0.1, 0.15) is 10.4 Å². The van der Waals surface area contributed by atoms with E-state index in [4.69, 9.17) is 5.11 Å². The molecule has 0 spiro atoms. The number of carboxylic acid groups (broad SMARTS) is 1. The van der Waals surface area contributed by atoms with Crippen molar-refractivity contribution in [3.05, 3.63) is 46.7 Å². The lowest BCUT2D eigenvalue weighted by Crippen LogP contribution is -1.99. The first-order valence-electron chi connectivity index (χ1n) is 4.48. The summed E-state index contributed by atoms with van der Waals surface area (Å²) in [5.74, 6) is -0.514. The van der Waals surface area contributed by atoms with Gasteiger partial charge in [-0.15, -0.1) is 0 Å². The zero-order chi connectivity index (χ0) is 11.5. The highest BCUT2D eigenvalue weighted by Crippen LogP contribution is 2.17. The summed E-state index contributed by atoms with van der Waals surface area (Å²) in [6.45, 7) is 0. The average Bonchev–Trinajstić information content (AvgIpc) is 2.30. The molecule has 2 rings (SSSR count). The maximum absolute atomic E-state index is 10.6. The molecule has 2 aromatic rings. The molecule has 80 valence electrons. The van der Waals surface area contributed by atoms with E-state index in [0.29, 0.717) is 5.82 Å². The molecule has 0 saturated carbocycles. The summed E-state index contributed by atoms with van der Waals surface area (Å²) in [6.07, 6.45) is 2.60. The number of carbonyl (C=O) groups is 1. The van der Waals surface area contributed by atoms with Gasteiger partial charge in [-0.3, -0.25) is 0 Å². The highest BCUT2D eigenvalue weighted by atomic mass is 79.9. The van der Waals surface area contributed by atoms with Gasteiger partial charge >= 0.3 is 5.97 Å². The minimum absolute atomic E-state index is 0.0841. The third-order valence-corrected chi connectivity index (χ3v) is 2.53. The number of nitrogens with zero attached hydrogens (tertiary/aromatic N) is 2. The first kappa shape index (κ1) is 10.8. The van der Waals surface area contributed by atoms with Crippen molar-refractivity contribution in [2.24, 2.45) is 0 Å². The van der Waals surface area contributed by atoms with Crippen LogP contribution in [-0.4, -0.2) is 21.0 Å². The van der Waals surface area contributed by atoms with E-state index in [1.165, 1.54) is 12.4 Å². The van der Waals surface area contributed by atoms with Gasteiger partial charge in [0.1, 0.15) is 0 Å².